The number of anilines is 1. The highest BCUT2D eigenvalue weighted by molar-refractivity contribution is 5.86. The highest BCUT2D eigenvalue weighted by atomic mass is 16.7. The third kappa shape index (κ3) is 2.68. The Balaban J connectivity index is 1.64. The first-order valence-corrected chi connectivity index (χ1v) is 9.35. The van der Waals surface area contributed by atoms with E-state index in [1.807, 2.05) is 0 Å². The first-order valence-electron chi connectivity index (χ1n) is 9.35. The van der Waals surface area contributed by atoms with Gasteiger partial charge in [0.25, 0.3) is 5.65 Å². The number of hydrogen-bond donors (Lipinski definition) is 1. The topological polar surface area (TPSA) is 39.0 Å². The van der Waals surface area contributed by atoms with Crippen LogP contribution >= 0.6 is 0 Å². The van der Waals surface area contributed by atoms with Crippen LogP contribution in [0.2, 0.25) is 0 Å². The fourth-order valence-corrected chi connectivity index (χ4v) is 3.88. The maximum atomic E-state index is 5.24. The average Bonchev–Trinajstić information content (AvgIpc) is 3.14. The molecule has 5 rings (SSSR count). The molecule has 5 aromatic rings. The van der Waals surface area contributed by atoms with E-state index in [0.717, 1.165) is 11.3 Å². The van der Waals surface area contributed by atoms with E-state index in [9.17, 15) is 0 Å². The van der Waals surface area contributed by atoms with Gasteiger partial charge in [-0.1, -0.05) is 18.2 Å². The Hall–Kier alpha value is -3.15. The lowest BCUT2D eigenvalue weighted by Gasteiger charge is -2.15. The van der Waals surface area contributed by atoms with E-state index in [-0.39, 0.29) is 6.29 Å². The molecule has 0 unspecified atom stereocenters. The summed E-state index contributed by atoms with van der Waals surface area (Å²) in [6.07, 6.45) is 1.93. The normalized spacial score (nSPS) is 12.0. The van der Waals surface area contributed by atoms with Gasteiger partial charge >= 0.3 is 0 Å². The molecule has 5 nitrogen and oxygen atoms in total. The monoisotopic (exact) mass is 372 g/mol. The Morgan fingerprint density at radius 2 is 1.75 bits per heavy atom. The summed E-state index contributed by atoms with van der Waals surface area (Å²) in [7, 11) is 3.29. The second-order valence-electron chi connectivity index (χ2n) is 6.90. The van der Waals surface area contributed by atoms with Crippen LogP contribution in [0.15, 0.2) is 72.9 Å². The molecule has 1 N–H and O–H groups in total. The van der Waals surface area contributed by atoms with Crippen LogP contribution in [0.3, 0.4) is 0 Å². The number of ether oxygens (including phenoxy) is 2. The van der Waals surface area contributed by atoms with E-state index in [2.05, 4.69) is 87.0 Å². The smallest absolute Gasteiger partial charge is 0.292 e. The number of nitrogens with one attached hydrogen (secondary N) is 1. The van der Waals surface area contributed by atoms with Gasteiger partial charge in [0.05, 0.1) is 6.54 Å². The average molecular weight is 372 g/mol. The summed E-state index contributed by atoms with van der Waals surface area (Å²) in [6.45, 7) is 0.593. The van der Waals surface area contributed by atoms with Crippen molar-refractivity contribution in [1.82, 2.24) is 4.40 Å². The van der Waals surface area contributed by atoms with Crippen molar-refractivity contribution in [1.29, 1.82) is 0 Å². The van der Waals surface area contributed by atoms with Gasteiger partial charge in [-0.25, -0.2) is 0 Å². The van der Waals surface area contributed by atoms with Crippen molar-refractivity contribution in [2.24, 2.45) is 0 Å². The van der Waals surface area contributed by atoms with Gasteiger partial charge in [-0.15, -0.1) is 0 Å². The minimum atomic E-state index is -0.266. The zero-order valence-electron chi connectivity index (χ0n) is 15.9. The molecule has 0 bridgehead atoms. The standard InChI is InChI=1S/C23H22N3O2/c1-27-23(28-2)14-24-18-9-11-20-17(13-18)8-12-22-25(20)15-19-10-7-16-5-3-4-6-21(16)26(19)22/h3-13,15,23-24H,14H2,1-2H3/q+1. The van der Waals surface area contributed by atoms with E-state index in [0.29, 0.717) is 6.54 Å². The van der Waals surface area contributed by atoms with Gasteiger partial charge in [0.1, 0.15) is 17.2 Å². The van der Waals surface area contributed by atoms with Crippen LogP contribution in [0.5, 0.6) is 0 Å². The van der Waals surface area contributed by atoms with Crippen LogP contribution in [-0.4, -0.2) is 31.5 Å². The predicted octanol–water partition coefficient (Wildman–Crippen LogP) is 4.02. The zero-order chi connectivity index (χ0) is 19.1. The fraction of sp³-hybridized carbons (Fsp3) is 0.174. The molecular weight excluding hydrogens is 350 g/mol. The molecule has 0 aliphatic heterocycles. The summed E-state index contributed by atoms with van der Waals surface area (Å²) in [6, 6.07) is 23.6. The van der Waals surface area contributed by atoms with Crippen molar-refractivity contribution in [2.75, 3.05) is 26.1 Å². The first kappa shape index (κ1) is 17.0. The third-order valence-corrected chi connectivity index (χ3v) is 5.30. The van der Waals surface area contributed by atoms with Crippen LogP contribution in [0.1, 0.15) is 0 Å². The largest absolute Gasteiger partial charge is 0.380 e. The second-order valence-corrected chi connectivity index (χ2v) is 6.90. The Bertz CT molecular complexity index is 1310. The van der Waals surface area contributed by atoms with E-state index in [1.54, 1.807) is 14.2 Å². The summed E-state index contributed by atoms with van der Waals surface area (Å²) < 4.78 is 15.1. The summed E-state index contributed by atoms with van der Waals surface area (Å²) in [5.74, 6) is 0. The second kappa shape index (κ2) is 6.78. The van der Waals surface area contributed by atoms with Gasteiger partial charge in [0, 0.05) is 36.7 Å². The number of para-hydroxylation sites is 1. The molecule has 28 heavy (non-hydrogen) atoms. The third-order valence-electron chi connectivity index (χ3n) is 5.30. The molecule has 0 fully saturated rings. The van der Waals surface area contributed by atoms with Gasteiger partial charge in [0.2, 0.25) is 0 Å². The van der Waals surface area contributed by atoms with E-state index in [4.69, 9.17) is 9.47 Å². The lowest BCUT2D eigenvalue weighted by Crippen LogP contribution is -2.24. The van der Waals surface area contributed by atoms with Gasteiger partial charge in [-0.3, -0.25) is 0 Å². The predicted molar refractivity (Wildman–Crippen MR) is 112 cm³/mol. The van der Waals surface area contributed by atoms with Gasteiger partial charge in [-0.2, -0.15) is 8.80 Å². The van der Waals surface area contributed by atoms with Crippen molar-refractivity contribution in [3.8, 4) is 0 Å². The number of hydrogen-bond acceptors (Lipinski definition) is 3. The van der Waals surface area contributed by atoms with Crippen LogP contribution in [0, 0.1) is 0 Å². The molecule has 3 heterocycles. The summed E-state index contributed by atoms with van der Waals surface area (Å²) in [5.41, 5.74) is 5.76. The Labute approximate surface area is 162 Å². The summed E-state index contributed by atoms with van der Waals surface area (Å²) in [4.78, 5) is 0. The van der Waals surface area contributed by atoms with Crippen LogP contribution in [-0.2, 0) is 9.47 Å². The highest BCUT2D eigenvalue weighted by Crippen LogP contribution is 2.22. The first-order chi connectivity index (χ1) is 13.8. The van der Waals surface area contributed by atoms with Crippen LogP contribution in [0.4, 0.5) is 5.69 Å². The molecule has 2 aromatic carbocycles. The number of methoxy groups -OCH3 is 2. The molecular formula is C23H22N3O2+. The van der Waals surface area contributed by atoms with Gasteiger partial charge < -0.3 is 14.8 Å². The fourth-order valence-electron chi connectivity index (χ4n) is 3.88. The number of nitrogens with zero attached hydrogens (tertiary/aromatic N) is 2. The number of benzene rings is 2. The Kier molecular flexibility index (Phi) is 4.11. The summed E-state index contributed by atoms with van der Waals surface area (Å²) in [5, 5.41) is 5.78. The zero-order valence-corrected chi connectivity index (χ0v) is 15.9. The van der Waals surface area contributed by atoms with Gasteiger partial charge in [0.15, 0.2) is 11.8 Å². The van der Waals surface area contributed by atoms with Crippen molar-refractivity contribution in [3.05, 3.63) is 72.9 Å². The molecule has 0 saturated heterocycles. The molecule has 0 amide bonds. The SMILES string of the molecule is COC(CNc1ccc2c(ccc3n4c(ccc5ccccc54)c[n+]23)c1)OC. The van der Waals surface area contributed by atoms with Crippen molar-refractivity contribution in [2.45, 2.75) is 6.29 Å². The number of pyridine rings is 2. The molecule has 5 heteroatoms. The number of aromatic nitrogens is 2. The van der Waals surface area contributed by atoms with E-state index in [1.165, 1.54) is 27.3 Å². The maximum Gasteiger partial charge on any atom is 0.292 e. The van der Waals surface area contributed by atoms with E-state index < -0.39 is 0 Å². The van der Waals surface area contributed by atoms with Crippen molar-refractivity contribution in [3.63, 3.8) is 0 Å². The molecule has 0 aliphatic rings. The summed E-state index contributed by atoms with van der Waals surface area (Å²) >= 11 is 0. The molecule has 0 spiro atoms. The Morgan fingerprint density at radius 1 is 0.929 bits per heavy atom. The van der Waals surface area contributed by atoms with Crippen molar-refractivity contribution >= 4 is 38.7 Å². The quantitative estimate of drug-likeness (QED) is 0.374. The highest BCUT2D eigenvalue weighted by Gasteiger charge is 2.16. The Morgan fingerprint density at radius 3 is 2.61 bits per heavy atom. The van der Waals surface area contributed by atoms with Crippen LogP contribution in [0.25, 0.3) is 33.0 Å². The molecule has 140 valence electrons. The molecule has 3 aromatic heterocycles. The number of fused-ring (bicyclic) bond motifs is 7. The molecule has 0 radical (unpaired) electrons. The van der Waals surface area contributed by atoms with Gasteiger partial charge in [-0.05, 0) is 42.5 Å². The molecule has 0 atom stereocenters. The molecule has 0 saturated carbocycles. The minimum absolute atomic E-state index is 0.266. The number of rotatable bonds is 5. The lowest BCUT2D eigenvalue weighted by atomic mass is 10.2. The maximum absolute atomic E-state index is 5.24. The lowest BCUT2D eigenvalue weighted by molar-refractivity contribution is -0.479. The molecule has 0 aliphatic carbocycles. The van der Waals surface area contributed by atoms with E-state index >= 15 is 0 Å². The van der Waals surface area contributed by atoms with Crippen molar-refractivity contribution < 1.29 is 13.9 Å². The number of imidazole rings is 1. The van der Waals surface area contributed by atoms with Crippen LogP contribution < -0.4 is 9.72 Å². The minimum Gasteiger partial charge on any atom is -0.380 e.